The Morgan fingerprint density at radius 1 is 1.08 bits per heavy atom. The number of amides is 1. The molecule has 2 aromatic carbocycles. The van der Waals surface area contributed by atoms with Crippen molar-refractivity contribution in [3.63, 3.8) is 0 Å². The molecule has 0 atom stereocenters. The fourth-order valence-electron chi connectivity index (χ4n) is 2.97. The largest absolute Gasteiger partial charge is 0.484 e. The van der Waals surface area contributed by atoms with E-state index < -0.39 is 22.7 Å². The lowest BCUT2D eigenvalue weighted by Gasteiger charge is -2.17. The Balaban J connectivity index is 1.61. The topological polar surface area (TPSA) is 38.3 Å². The number of alkyl halides is 3. The molecule has 1 amide bonds. The van der Waals surface area contributed by atoms with Crippen molar-refractivity contribution in [2.75, 3.05) is 11.9 Å². The van der Waals surface area contributed by atoms with E-state index in [1.54, 1.807) is 0 Å². The number of carbonyl (C=O) groups is 1. The molecule has 2 aromatic rings. The molecule has 7 heteroatoms. The number of ether oxygens (including phenoxy) is 1. The number of fused-ring (bicyclic) bond motifs is 1. The van der Waals surface area contributed by atoms with Gasteiger partial charge < -0.3 is 10.1 Å². The van der Waals surface area contributed by atoms with E-state index in [1.165, 1.54) is 23.6 Å². The Hall–Kier alpha value is -2.21. The van der Waals surface area contributed by atoms with Crippen molar-refractivity contribution in [2.45, 2.75) is 31.9 Å². The zero-order chi connectivity index (χ0) is 18.7. The molecule has 0 aromatic heterocycles. The molecule has 138 valence electrons. The van der Waals surface area contributed by atoms with Gasteiger partial charge in [0.05, 0.1) is 10.6 Å². The molecule has 0 radical (unpaired) electrons. The third-order valence-corrected chi connectivity index (χ3v) is 4.57. The molecule has 1 aliphatic carbocycles. The number of hydrogen-bond acceptors (Lipinski definition) is 2. The van der Waals surface area contributed by atoms with Crippen LogP contribution in [-0.4, -0.2) is 12.5 Å². The Bertz CT molecular complexity index is 821. The van der Waals surface area contributed by atoms with Gasteiger partial charge in [0.15, 0.2) is 6.61 Å². The van der Waals surface area contributed by atoms with Crippen LogP contribution in [0, 0.1) is 0 Å². The minimum atomic E-state index is -4.59. The maximum Gasteiger partial charge on any atom is 0.417 e. The smallest absolute Gasteiger partial charge is 0.417 e. The van der Waals surface area contributed by atoms with Crippen LogP contribution in [0.25, 0.3) is 0 Å². The number of halogens is 4. The Kier molecular flexibility index (Phi) is 5.41. The molecule has 0 spiro atoms. The molecule has 26 heavy (non-hydrogen) atoms. The van der Waals surface area contributed by atoms with Crippen LogP contribution < -0.4 is 10.1 Å². The Labute approximate surface area is 154 Å². The van der Waals surface area contributed by atoms with Gasteiger partial charge >= 0.3 is 6.18 Å². The van der Waals surface area contributed by atoms with Gasteiger partial charge in [-0.2, -0.15) is 13.2 Å². The van der Waals surface area contributed by atoms with E-state index in [2.05, 4.69) is 5.32 Å². The summed E-state index contributed by atoms with van der Waals surface area (Å²) < 4.78 is 44.0. The van der Waals surface area contributed by atoms with Gasteiger partial charge in [0.2, 0.25) is 0 Å². The maximum atomic E-state index is 12.9. The van der Waals surface area contributed by atoms with Crippen molar-refractivity contribution < 1.29 is 22.7 Å². The van der Waals surface area contributed by atoms with Gasteiger partial charge in [-0.1, -0.05) is 17.7 Å². The minimum absolute atomic E-state index is 0.0146. The normalized spacial score (nSPS) is 13.8. The molecular weight excluding hydrogens is 367 g/mol. The molecule has 0 fully saturated rings. The third kappa shape index (κ3) is 4.49. The van der Waals surface area contributed by atoms with Crippen LogP contribution in [0.2, 0.25) is 5.02 Å². The summed E-state index contributed by atoms with van der Waals surface area (Å²) in [4.78, 5) is 12.0. The molecule has 0 aliphatic heterocycles. The lowest BCUT2D eigenvalue weighted by molar-refractivity contribution is -0.137. The first-order chi connectivity index (χ1) is 12.3. The van der Waals surface area contributed by atoms with E-state index in [0.717, 1.165) is 31.4 Å². The molecule has 3 nitrogen and oxygen atoms in total. The van der Waals surface area contributed by atoms with E-state index in [-0.39, 0.29) is 12.3 Å². The standard InChI is InChI=1S/C19H17ClF3NO2/c20-17-8-6-14(10-16(17)19(21,22)23)24-18(25)11-26-15-7-5-12-3-1-2-4-13(12)9-15/h5-10H,1-4,11H2,(H,24,25). The van der Waals surface area contributed by atoms with Crippen LogP contribution in [0.3, 0.4) is 0 Å². The summed E-state index contributed by atoms with van der Waals surface area (Å²) in [6.45, 7) is -0.289. The van der Waals surface area contributed by atoms with E-state index >= 15 is 0 Å². The molecule has 0 bridgehead atoms. The summed E-state index contributed by atoms with van der Waals surface area (Å²) in [6.07, 6.45) is -0.235. The van der Waals surface area contributed by atoms with Crippen molar-refractivity contribution in [2.24, 2.45) is 0 Å². The summed E-state index contributed by atoms with van der Waals surface area (Å²) in [7, 11) is 0. The number of carbonyl (C=O) groups excluding carboxylic acids is 1. The SMILES string of the molecule is O=C(COc1ccc2c(c1)CCCC2)Nc1ccc(Cl)c(C(F)(F)F)c1. The highest BCUT2D eigenvalue weighted by Crippen LogP contribution is 2.36. The first-order valence-corrected chi connectivity index (χ1v) is 8.62. The summed E-state index contributed by atoms with van der Waals surface area (Å²) in [5.41, 5.74) is 1.55. The second kappa shape index (κ2) is 7.58. The van der Waals surface area contributed by atoms with Crippen molar-refractivity contribution in [3.05, 3.63) is 58.1 Å². The van der Waals surface area contributed by atoms with Crippen molar-refractivity contribution in [1.82, 2.24) is 0 Å². The van der Waals surface area contributed by atoms with Gasteiger partial charge in [0.1, 0.15) is 5.75 Å². The fourth-order valence-corrected chi connectivity index (χ4v) is 3.19. The molecule has 0 saturated heterocycles. The monoisotopic (exact) mass is 383 g/mol. The van der Waals surface area contributed by atoms with E-state index in [9.17, 15) is 18.0 Å². The van der Waals surface area contributed by atoms with Gasteiger partial charge in [-0.3, -0.25) is 4.79 Å². The summed E-state index contributed by atoms with van der Waals surface area (Å²) >= 11 is 5.56. The average Bonchev–Trinajstić information content (AvgIpc) is 2.60. The van der Waals surface area contributed by atoms with Crippen molar-refractivity contribution in [3.8, 4) is 5.75 Å². The van der Waals surface area contributed by atoms with Crippen LogP contribution in [0.1, 0.15) is 29.5 Å². The Morgan fingerprint density at radius 2 is 1.81 bits per heavy atom. The fraction of sp³-hybridized carbons (Fsp3) is 0.316. The molecule has 1 aliphatic rings. The van der Waals surface area contributed by atoms with Gasteiger partial charge in [0.25, 0.3) is 5.91 Å². The number of hydrogen-bond donors (Lipinski definition) is 1. The molecular formula is C19H17ClF3NO2. The minimum Gasteiger partial charge on any atom is -0.484 e. The highest BCUT2D eigenvalue weighted by molar-refractivity contribution is 6.31. The lowest BCUT2D eigenvalue weighted by atomic mass is 9.92. The van der Waals surface area contributed by atoms with Crippen LogP contribution in [0.4, 0.5) is 18.9 Å². The zero-order valence-electron chi connectivity index (χ0n) is 13.8. The quantitative estimate of drug-likeness (QED) is 0.782. The number of aryl methyl sites for hydroxylation is 2. The van der Waals surface area contributed by atoms with Gasteiger partial charge in [-0.25, -0.2) is 0 Å². The summed E-state index contributed by atoms with van der Waals surface area (Å²) in [5.74, 6) is 0.0334. The van der Waals surface area contributed by atoms with Gasteiger partial charge in [0, 0.05) is 5.69 Å². The molecule has 0 unspecified atom stereocenters. The summed E-state index contributed by atoms with van der Waals surface area (Å²) in [6, 6.07) is 8.95. The van der Waals surface area contributed by atoms with Crippen molar-refractivity contribution in [1.29, 1.82) is 0 Å². The second-order valence-corrected chi connectivity index (χ2v) is 6.57. The van der Waals surface area contributed by atoms with Crippen molar-refractivity contribution >= 4 is 23.2 Å². The van der Waals surface area contributed by atoms with Gasteiger partial charge in [-0.15, -0.1) is 0 Å². The number of rotatable bonds is 4. The summed E-state index contributed by atoms with van der Waals surface area (Å²) in [5, 5.41) is 1.98. The lowest BCUT2D eigenvalue weighted by Crippen LogP contribution is -2.20. The maximum absolute atomic E-state index is 12.9. The Morgan fingerprint density at radius 3 is 2.54 bits per heavy atom. The number of anilines is 1. The molecule has 0 heterocycles. The first-order valence-electron chi connectivity index (χ1n) is 8.24. The van der Waals surface area contributed by atoms with E-state index in [1.807, 2.05) is 18.2 Å². The van der Waals surface area contributed by atoms with Gasteiger partial charge in [-0.05, 0) is 67.1 Å². The van der Waals surface area contributed by atoms with Crippen LogP contribution >= 0.6 is 11.6 Å². The third-order valence-electron chi connectivity index (χ3n) is 4.25. The predicted octanol–water partition coefficient (Wildman–Crippen LogP) is 5.26. The van der Waals surface area contributed by atoms with Crippen LogP contribution in [0.15, 0.2) is 36.4 Å². The molecule has 1 N–H and O–H groups in total. The highest BCUT2D eigenvalue weighted by Gasteiger charge is 2.33. The highest BCUT2D eigenvalue weighted by atomic mass is 35.5. The average molecular weight is 384 g/mol. The van der Waals surface area contributed by atoms with Crippen LogP contribution in [0.5, 0.6) is 5.75 Å². The number of nitrogens with one attached hydrogen (secondary N) is 1. The first kappa shape index (κ1) is 18.6. The second-order valence-electron chi connectivity index (χ2n) is 6.17. The molecule has 0 saturated carbocycles. The predicted molar refractivity (Wildman–Crippen MR) is 93.7 cm³/mol. The van der Waals surface area contributed by atoms with E-state index in [4.69, 9.17) is 16.3 Å². The number of benzene rings is 2. The van der Waals surface area contributed by atoms with E-state index in [0.29, 0.717) is 5.75 Å². The van der Waals surface area contributed by atoms with Crippen LogP contribution in [-0.2, 0) is 23.8 Å². The molecule has 3 rings (SSSR count). The zero-order valence-corrected chi connectivity index (χ0v) is 14.6.